The zero-order chi connectivity index (χ0) is 23.5. The molecule has 3 aromatic heterocycles. The van der Waals surface area contributed by atoms with Crippen LogP contribution in [0.2, 0.25) is 0 Å². The van der Waals surface area contributed by atoms with Gasteiger partial charge in [0.25, 0.3) is 0 Å². The molecule has 0 atom stereocenters. The van der Waals surface area contributed by atoms with E-state index in [0.29, 0.717) is 28.6 Å². The fourth-order valence-electron chi connectivity index (χ4n) is 2.97. The average molecular weight is 441 g/mol. The molecular formula is C22H27N5O5. The van der Waals surface area contributed by atoms with E-state index in [1.807, 2.05) is 0 Å². The van der Waals surface area contributed by atoms with Gasteiger partial charge >= 0.3 is 12.1 Å². The first-order chi connectivity index (χ1) is 15.1. The van der Waals surface area contributed by atoms with E-state index in [1.54, 1.807) is 65.2 Å². The number of carbonyl (C=O) groups is 2. The SMILES string of the molecule is CCOC(=O)c1cnn2c(N(C)C(=O)OC(C)(C)C)cc(Nc3cccnc3OC)cc12. The molecule has 0 unspecified atom stereocenters. The van der Waals surface area contributed by atoms with Crippen LogP contribution in [0.5, 0.6) is 5.88 Å². The maximum atomic E-state index is 12.7. The smallest absolute Gasteiger partial charge is 0.415 e. The summed E-state index contributed by atoms with van der Waals surface area (Å²) in [6, 6.07) is 7.01. The van der Waals surface area contributed by atoms with Crippen molar-refractivity contribution in [3.8, 4) is 5.88 Å². The van der Waals surface area contributed by atoms with E-state index < -0.39 is 17.7 Å². The lowest BCUT2D eigenvalue weighted by molar-refractivity contribution is 0.0527. The van der Waals surface area contributed by atoms with Gasteiger partial charge in [0.15, 0.2) is 0 Å². The summed E-state index contributed by atoms with van der Waals surface area (Å²) in [6.07, 6.45) is 2.46. The van der Waals surface area contributed by atoms with E-state index >= 15 is 0 Å². The third-order valence-electron chi connectivity index (χ3n) is 4.35. The van der Waals surface area contributed by atoms with Gasteiger partial charge in [0, 0.05) is 25.0 Å². The summed E-state index contributed by atoms with van der Waals surface area (Å²) in [6.45, 7) is 7.31. The highest BCUT2D eigenvalue weighted by molar-refractivity contribution is 5.98. The lowest BCUT2D eigenvalue weighted by atomic mass is 10.2. The van der Waals surface area contributed by atoms with Crippen molar-refractivity contribution in [3.05, 3.63) is 42.2 Å². The Bertz CT molecular complexity index is 1140. The third kappa shape index (κ3) is 4.90. The minimum Gasteiger partial charge on any atom is -0.480 e. The number of esters is 1. The number of amides is 1. The number of hydrogen-bond acceptors (Lipinski definition) is 8. The Hall–Kier alpha value is -3.82. The first kappa shape index (κ1) is 22.9. The molecule has 1 amide bonds. The molecule has 3 aromatic rings. The van der Waals surface area contributed by atoms with Gasteiger partial charge in [-0.1, -0.05) is 0 Å². The fourth-order valence-corrected chi connectivity index (χ4v) is 2.97. The predicted octanol–water partition coefficient (Wildman–Crippen LogP) is 4.03. The van der Waals surface area contributed by atoms with E-state index in [-0.39, 0.29) is 12.2 Å². The van der Waals surface area contributed by atoms with E-state index in [2.05, 4.69) is 15.4 Å². The molecule has 0 fully saturated rings. The van der Waals surface area contributed by atoms with Gasteiger partial charge in [-0.15, -0.1) is 0 Å². The minimum atomic E-state index is -0.677. The van der Waals surface area contributed by atoms with Crippen molar-refractivity contribution in [2.45, 2.75) is 33.3 Å². The number of anilines is 3. The molecule has 0 saturated heterocycles. The number of aromatic nitrogens is 3. The highest BCUT2D eigenvalue weighted by Gasteiger charge is 2.25. The third-order valence-corrected chi connectivity index (χ3v) is 4.35. The summed E-state index contributed by atoms with van der Waals surface area (Å²) in [5, 5.41) is 7.53. The maximum absolute atomic E-state index is 12.7. The number of nitrogens with one attached hydrogen (secondary N) is 1. The Morgan fingerprint density at radius 2 is 2.00 bits per heavy atom. The number of carbonyl (C=O) groups excluding carboxylic acids is 2. The first-order valence-electron chi connectivity index (χ1n) is 10.1. The topological polar surface area (TPSA) is 107 Å². The Kier molecular flexibility index (Phi) is 6.52. The van der Waals surface area contributed by atoms with Crippen molar-refractivity contribution in [1.29, 1.82) is 0 Å². The molecule has 0 aliphatic carbocycles. The average Bonchev–Trinajstić information content (AvgIpc) is 3.16. The Morgan fingerprint density at radius 1 is 1.25 bits per heavy atom. The fraction of sp³-hybridized carbons (Fsp3) is 0.364. The lowest BCUT2D eigenvalue weighted by Crippen LogP contribution is -2.35. The summed E-state index contributed by atoms with van der Waals surface area (Å²) in [7, 11) is 3.09. The number of ether oxygens (including phenoxy) is 3. The molecular weight excluding hydrogens is 414 g/mol. The van der Waals surface area contributed by atoms with Gasteiger partial charge in [0.1, 0.15) is 22.7 Å². The predicted molar refractivity (Wildman–Crippen MR) is 120 cm³/mol. The van der Waals surface area contributed by atoms with Crippen LogP contribution in [0.1, 0.15) is 38.1 Å². The molecule has 0 spiro atoms. The Labute approximate surface area is 186 Å². The number of fused-ring (bicyclic) bond motifs is 1. The summed E-state index contributed by atoms with van der Waals surface area (Å²) in [5.74, 6) is 0.274. The van der Waals surface area contributed by atoms with Crippen LogP contribution in [0.25, 0.3) is 5.52 Å². The Morgan fingerprint density at radius 3 is 2.66 bits per heavy atom. The van der Waals surface area contributed by atoms with Gasteiger partial charge in [-0.3, -0.25) is 4.90 Å². The van der Waals surface area contributed by atoms with Crippen molar-refractivity contribution >= 4 is 34.8 Å². The van der Waals surface area contributed by atoms with Gasteiger partial charge in [-0.2, -0.15) is 5.10 Å². The van der Waals surface area contributed by atoms with Crippen molar-refractivity contribution < 1.29 is 23.8 Å². The van der Waals surface area contributed by atoms with Crippen LogP contribution in [0.15, 0.2) is 36.7 Å². The molecule has 0 aliphatic heterocycles. The molecule has 3 rings (SSSR count). The molecule has 32 heavy (non-hydrogen) atoms. The van der Waals surface area contributed by atoms with Crippen LogP contribution in [0.3, 0.4) is 0 Å². The van der Waals surface area contributed by atoms with Crippen LogP contribution in [-0.4, -0.2) is 53.0 Å². The van der Waals surface area contributed by atoms with Crippen LogP contribution < -0.4 is 15.0 Å². The van der Waals surface area contributed by atoms with Crippen LogP contribution >= 0.6 is 0 Å². The molecule has 170 valence electrons. The van der Waals surface area contributed by atoms with E-state index in [0.717, 1.165) is 0 Å². The second kappa shape index (κ2) is 9.13. The molecule has 0 radical (unpaired) electrons. The summed E-state index contributed by atoms with van der Waals surface area (Å²) in [4.78, 5) is 30.7. The van der Waals surface area contributed by atoms with Crippen molar-refractivity contribution in [1.82, 2.24) is 14.6 Å². The summed E-state index contributed by atoms with van der Waals surface area (Å²) >= 11 is 0. The van der Waals surface area contributed by atoms with Crippen LogP contribution in [0.4, 0.5) is 22.0 Å². The van der Waals surface area contributed by atoms with Gasteiger partial charge in [0.2, 0.25) is 5.88 Å². The normalized spacial score (nSPS) is 11.2. The van der Waals surface area contributed by atoms with E-state index in [1.165, 1.54) is 22.7 Å². The van der Waals surface area contributed by atoms with Crippen molar-refractivity contribution in [3.63, 3.8) is 0 Å². The number of methoxy groups -OCH3 is 1. The number of hydrogen-bond donors (Lipinski definition) is 1. The quantitative estimate of drug-likeness (QED) is 0.572. The van der Waals surface area contributed by atoms with Gasteiger partial charge in [-0.25, -0.2) is 19.1 Å². The molecule has 3 heterocycles. The monoisotopic (exact) mass is 441 g/mol. The number of nitrogens with zero attached hydrogens (tertiary/aromatic N) is 4. The number of rotatable bonds is 6. The highest BCUT2D eigenvalue weighted by atomic mass is 16.6. The first-order valence-corrected chi connectivity index (χ1v) is 10.1. The molecule has 1 N–H and O–H groups in total. The zero-order valence-corrected chi connectivity index (χ0v) is 19.0. The molecule has 10 nitrogen and oxygen atoms in total. The molecule has 0 saturated carbocycles. The molecule has 0 bridgehead atoms. The minimum absolute atomic E-state index is 0.228. The molecule has 10 heteroatoms. The second-order valence-electron chi connectivity index (χ2n) is 7.90. The van der Waals surface area contributed by atoms with Crippen LogP contribution in [-0.2, 0) is 9.47 Å². The van der Waals surface area contributed by atoms with Crippen molar-refractivity contribution in [2.24, 2.45) is 0 Å². The molecule has 0 aromatic carbocycles. The van der Waals surface area contributed by atoms with Gasteiger partial charge < -0.3 is 19.5 Å². The zero-order valence-electron chi connectivity index (χ0n) is 19.0. The second-order valence-corrected chi connectivity index (χ2v) is 7.90. The van der Waals surface area contributed by atoms with Crippen molar-refractivity contribution in [2.75, 3.05) is 31.0 Å². The van der Waals surface area contributed by atoms with Gasteiger partial charge in [0.05, 0.1) is 25.4 Å². The van der Waals surface area contributed by atoms with E-state index in [4.69, 9.17) is 14.2 Å². The number of pyridine rings is 2. The standard InChI is InChI=1S/C22H27N5O5/c1-7-31-20(28)15-13-24-27-17(15)11-14(25-16-9-8-10-23-19(16)30-6)12-18(27)26(5)21(29)32-22(2,3)4/h8-13,25H,7H2,1-6H3. The highest BCUT2D eigenvalue weighted by Crippen LogP contribution is 2.30. The summed E-state index contributed by atoms with van der Waals surface area (Å²) in [5.41, 5.74) is 1.25. The lowest BCUT2D eigenvalue weighted by Gasteiger charge is -2.25. The Balaban J connectivity index is 2.12. The largest absolute Gasteiger partial charge is 0.480 e. The summed E-state index contributed by atoms with van der Waals surface area (Å²) < 4.78 is 17.4. The van der Waals surface area contributed by atoms with Gasteiger partial charge in [-0.05, 0) is 45.9 Å². The van der Waals surface area contributed by atoms with E-state index in [9.17, 15) is 9.59 Å². The molecule has 0 aliphatic rings. The maximum Gasteiger partial charge on any atom is 0.415 e. The van der Waals surface area contributed by atoms with Crippen LogP contribution in [0, 0.1) is 0 Å².